The molecule has 4 aromatic rings. The van der Waals surface area contributed by atoms with Crippen LogP contribution in [0.3, 0.4) is 0 Å². The van der Waals surface area contributed by atoms with Crippen LogP contribution in [0, 0.1) is 11.3 Å². The van der Waals surface area contributed by atoms with Gasteiger partial charge >= 0.3 is 0 Å². The summed E-state index contributed by atoms with van der Waals surface area (Å²) >= 11 is 12.2. The molecule has 4 rings (SSSR count). The normalized spacial score (nSPS) is 10.4. The Kier molecular flexibility index (Phi) is 8.12. The molecule has 0 aliphatic heterocycles. The number of hydrogen-bond donors (Lipinski definition) is 1. The third-order valence-corrected chi connectivity index (χ3v) is 6.16. The van der Waals surface area contributed by atoms with Crippen molar-refractivity contribution in [1.82, 2.24) is 0 Å². The zero-order chi connectivity index (χ0) is 25.5. The summed E-state index contributed by atoms with van der Waals surface area (Å²) in [6.45, 7) is 0.342. The Balaban J connectivity index is 1.44. The molecule has 0 atom stereocenters. The van der Waals surface area contributed by atoms with Crippen LogP contribution in [0.5, 0.6) is 11.5 Å². The molecular weight excluding hydrogens is 495 g/mol. The molecule has 0 bridgehead atoms. The van der Waals surface area contributed by atoms with Crippen LogP contribution in [-0.4, -0.2) is 19.6 Å². The first-order chi connectivity index (χ1) is 17.5. The number of nitrogens with zero attached hydrogens (tertiary/aromatic N) is 1. The van der Waals surface area contributed by atoms with Gasteiger partial charge in [-0.25, -0.2) is 0 Å². The number of rotatable bonds is 8. The van der Waals surface area contributed by atoms with Gasteiger partial charge in [0.2, 0.25) is 0 Å². The Morgan fingerprint density at radius 1 is 0.944 bits per heavy atom. The summed E-state index contributed by atoms with van der Waals surface area (Å²) in [5.41, 5.74) is 4.30. The van der Waals surface area contributed by atoms with Gasteiger partial charge in [-0.1, -0.05) is 59.6 Å². The molecule has 0 fully saturated rings. The molecule has 0 radical (unpaired) electrons. The lowest BCUT2D eigenvalue weighted by Crippen LogP contribution is -2.12. The van der Waals surface area contributed by atoms with E-state index < -0.39 is 0 Å². The summed E-state index contributed by atoms with van der Waals surface area (Å²) in [6.07, 6.45) is 0.566. The second-order valence-corrected chi connectivity index (χ2v) is 8.73. The minimum absolute atomic E-state index is 0.284. The van der Waals surface area contributed by atoms with Crippen LogP contribution in [0.1, 0.15) is 21.5 Å². The van der Waals surface area contributed by atoms with E-state index in [1.807, 2.05) is 36.4 Å². The van der Waals surface area contributed by atoms with Crippen molar-refractivity contribution >= 4 is 34.8 Å². The van der Waals surface area contributed by atoms with Crippen molar-refractivity contribution in [3.8, 4) is 28.7 Å². The molecule has 0 aliphatic rings. The number of carbonyl (C=O) groups excluding carboxylic acids is 1. The maximum Gasteiger partial charge on any atom is 0.255 e. The van der Waals surface area contributed by atoms with Crippen LogP contribution in [0.2, 0.25) is 10.0 Å². The van der Waals surface area contributed by atoms with Gasteiger partial charge in [-0.2, -0.15) is 5.26 Å². The zero-order valence-corrected chi connectivity index (χ0v) is 20.9. The van der Waals surface area contributed by atoms with Crippen LogP contribution in [0.15, 0.2) is 84.9 Å². The van der Waals surface area contributed by atoms with Crippen LogP contribution in [0.25, 0.3) is 11.1 Å². The molecule has 4 aromatic carbocycles. The van der Waals surface area contributed by atoms with Crippen molar-refractivity contribution < 1.29 is 14.3 Å². The average molecular weight is 517 g/mol. The number of carbonyl (C=O) groups is 1. The van der Waals surface area contributed by atoms with E-state index in [4.69, 9.17) is 32.7 Å². The minimum Gasteiger partial charge on any atom is -0.493 e. The van der Waals surface area contributed by atoms with E-state index in [0.717, 1.165) is 16.7 Å². The van der Waals surface area contributed by atoms with Crippen molar-refractivity contribution in [2.45, 2.75) is 6.42 Å². The zero-order valence-electron chi connectivity index (χ0n) is 19.4. The number of amides is 1. The van der Waals surface area contributed by atoms with Gasteiger partial charge in [-0.3, -0.25) is 4.79 Å². The smallest absolute Gasteiger partial charge is 0.255 e. The molecule has 1 amide bonds. The Labute approximate surface area is 219 Å². The molecule has 180 valence electrons. The third-order valence-electron chi connectivity index (χ3n) is 5.57. The van der Waals surface area contributed by atoms with Crippen molar-refractivity contribution in [3.63, 3.8) is 0 Å². The number of nitriles is 1. The number of halogens is 2. The molecule has 0 heterocycles. The fourth-order valence-corrected chi connectivity index (χ4v) is 4.20. The number of anilines is 1. The highest BCUT2D eigenvalue weighted by Gasteiger charge is 2.13. The van der Waals surface area contributed by atoms with Gasteiger partial charge in [-0.05, 0) is 65.2 Å². The fraction of sp³-hybridized carbons (Fsp3) is 0.103. The van der Waals surface area contributed by atoms with E-state index >= 15 is 0 Å². The largest absolute Gasteiger partial charge is 0.493 e. The van der Waals surface area contributed by atoms with Gasteiger partial charge in [0.05, 0.1) is 25.3 Å². The Bertz CT molecular complexity index is 1430. The molecule has 5 nitrogen and oxygen atoms in total. The van der Waals surface area contributed by atoms with Crippen molar-refractivity contribution in [3.05, 3.63) is 112 Å². The van der Waals surface area contributed by atoms with Gasteiger partial charge in [0.1, 0.15) is 0 Å². The van der Waals surface area contributed by atoms with E-state index in [1.165, 1.54) is 0 Å². The first kappa shape index (κ1) is 25.1. The second kappa shape index (κ2) is 11.6. The van der Waals surface area contributed by atoms with Gasteiger partial charge < -0.3 is 14.8 Å². The number of benzene rings is 4. The maximum atomic E-state index is 12.9. The van der Waals surface area contributed by atoms with Gasteiger partial charge in [0, 0.05) is 27.7 Å². The Morgan fingerprint density at radius 3 is 2.44 bits per heavy atom. The predicted octanol–water partition coefficient (Wildman–Crippen LogP) is 7.41. The molecule has 0 aliphatic carbocycles. The van der Waals surface area contributed by atoms with Crippen LogP contribution < -0.4 is 14.8 Å². The first-order valence-corrected chi connectivity index (χ1v) is 11.9. The van der Waals surface area contributed by atoms with Gasteiger partial charge in [-0.15, -0.1) is 0 Å². The number of ether oxygens (including phenoxy) is 2. The standard InChI is InChI=1S/C29H22Cl2N2O3/c1-35-27-13-9-21(16-28(27)36-15-14-20-6-10-23(30)17-26(20)31)29(34)33-24-11-7-19(8-12-24)25-5-3-2-4-22(25)18-32/h2-13,16-17H,14-15H2,1H3,(H,33,34). The molecule has 7 heteroatoms. The molecule has 0 saturated heterocycles. The van der Waals surface area contributed by atoms with Gasteiger partial charge in [0.25, 0.3) is 5.91 Å². The van der Waals surface area contributed by atoms with Crippen LogP contribution >= 0.6 is 23.2 Å². The molecule has 1 N–H and O–H groups in total. The lowest BCUT2D eigenvalue weighted by atomic mass is 10.0. The van der Waals surface area contributed by atoms with Crippen molar-refractivity contribution in [2.75, 3.05) is 19.0 Å². The summed E-state index contributed by atoms with van der Waals surface area (Å²) < 4.78 is 11.3. The summed E-state index contributed by atoms with van der Waals surface area (Å²) in [6, 6.07) is 27.3. The average Bonchev–Trinajstić information content (AvgIpc) is 2.90. The first-order valence-electron chi connectivity index (χ1n) is 11.1. The predicted molar refractivity (Wildman–Crippen MR) is 143 cm³/mol. The topological polar surface area (TPSA) is 71.3 Å². The van der Waals surface area contributed by atoms with E-state index in [0.29, 0.717) is 51.4 Å². The molecule has 0 aromatic heterocycles. The van der Waals surface area contributed by atoms with Crippen LogP contribution in [-0.2, 0) is 6.42 Å². The van der Waals surface area contributed by atoms with Crippen molar-refractivity contribution in [2.24, 2.45) is 0 Å². The number of methoxy groups -OCH3 is 1. The van der Waals surface area contributed by atoms with E-state index in [9.17, 15) is 10.1 Å². The number of hydrogen-bond acceptors (Lipinski definition) is 4. The lowest BCUT2D eigenvalue weighted by molar-refractivity contribution is 0.102. The highest BCUT2D eigenvalue weighted by atomic mass is 35.5. The van der Waals surface area contributed by atoms with Crippen LogP contribution in [0.4, 0.5) is 5.69 Å². The molecular formula is C29H22Cl2N2O3. The Morgan fingerprint density at radius 2 is 1.72 bits per heavy atom. The van der Waals surface area contributed by atoms with Gasteiger partial charge in [0.15, 0.2) is 11.5 Å². The summed E-state index contributed by atoms with van der Waals surface area (Å²) in [7, 11) is 1.55. The second-order valence-electron chi connectivity index (χ2n) is 7.89. The summed E-state index contributed by atoms with van der Waals surface area (Å²) in [5, 5.41) is 13.4. The van der Waals surface area contributed by atoms with E-state index in [1.54, 1.807) is 55.6 Å². The minimum atomic E-state index is -0.284. The van der Waals surface area contributed by atoms with E-state index in [2.05, 4.69) is 11.4 Å². The quantitative estimate of drug-likeness (QED) is 0.264. The van der Waals surface area contributed by atoms with Crippen molar-refractivity contribution in [1.29, 1.82) is 5.26 Å². The molecule has 36 heavy (non-hydrogen) atoms. The summed E-state index contributed by atoms with van der Waals surface area (Å²) in [5.74, 6) is 0.696. The third kappa shape index (κ3) is 5.98. The fourth-order valence-electron chi connectivity index (χ4n) is 3.69. The Hall–Kier alpha value is -3.98. The van der Waals surface area contributed by atoms with E-state index in [-0.39, 0.29) is 5.91 Å². The highest BCUT2D eigenvalue weighted by Crippen LogP contribution is 2.30. The molecule has 0 spiro atoms. The highest BCUT2D eigenvalue weighted by molar-refractivity contribution is 6.35. The number of nitrogens with one attached hydrogen (secondary N) is 1. The monoisotopic (exact) mass is 516 g/mol. The summed E-state index contributed by atoms with van der Waals surface area (Å²) in [4.78, 5) is 12.9. The SMILES string of the molecule is COc1ccc(C(=O)Nc2ccc(-c3ccccc3C#N)cc2)cc1OCCc1ccc(Cl)cc1Cl. The molecule has 0 saturated carbocycles. The molecule has 0 unspecified atom stereocenters. The maximum absolute atomic E-state index is 12.9. The lowest BCUT2D eigenvalue weighted by Gasteiger charge is -2.13.